The highest BCUT2D eigenvalue weighted by Crippen LogP contribution is 2.30. The summed E-state index contributed by atoms with van der Waals surface area (Å²) in [5.41, 5.74) is 0. The topological polar surface area (TPSA) is 50.3 Å². The van der Waals surface area contributed by atoms with Crippen LogP contribution in [0.5, 0.6) is 0 Å². The monoisotopic (exact) mass is 292 g/mol. The van der Waals surface area contributed by atoms with E-state index in [1.165, 1.54) is 4.31 Å². The number of alkyl halides is 1. The van der Waals surface area contributed by atoms with Crippen LogP contribution in [-0.2, 0) is 10.0 Å². The molecule has 2 unspecified atom stereocenters. The Hall–Kier alpha value is -0.720. The SMILES string of the molecule is CC1CCN(S(=O)(=O)c2cncc(F)c2)C1CCl. The standard InChI is InChI=1S/C11H14ClFN2O2S/c1-8-2-3-15(11(8)5-12)18(16,17)10-4-9(13)6-14-7-10/h4,6-8,11H,2-3,5H2,1H3. The Morgan fingerprint density at radius 2 is 2.28 bits per heavy atom. The molecule has 18 heavy (non-hydrogen) atoms. The molecule has 0 radical (unpaired) electrons. The van der Waals surface area contributed by atoms with E-state index in [0.717, 1.165) is 24.9 Å². The van der Waals surface area contributed by atoms with Gasteiger partial charge in [0.2, 0.25) is 10.0 Å². The summed E-state index contributed by atoms with van der Waals surface area (Å²) < 4.78 is 39.1. The van der Waals surface area contributed by atoms with Crippen LogP contribution in [-0.4, -0.2) is 36.2 Å². The fraction of sp³-hybridized carbons (Fsp3) is 0.545. The Kier molecular flexibility index (Phi) is 3.89. The molecule has 4 nitrogen and oxygen atoms in total. The summed E-state index contributed by atoms with van der Waals surface area (Å²) in [7, 11) is -3.71. The number of pyridine rings is 1. The van der Waals surface area contributed by atoms with E-state index in [2.05, 4.69) is 4.98 Å². The molecule has 1 aromatic rings. The van der Waals surface area contributed by atoms with Gasteiger partial charge in [-0.1, -0.05) is 6.92 Å². The fourth-order valence-corrected chi connectivity index (χ4v) is 4.43. The second-order valence-electron chi connectivity index (χ2n) is 4.44. The molecule has 0 aromatic carbocycles. The van der Waals surface area contributed by atoms with Crippen molar-refractivity contribution in [3.05, 3.63) is 24.3 Å². The lowest BCUT2D eigenvalue weighted by Gasteiger charge is -2.24. The van der Waals surface area contributed by atoms with E-state index in [1.54, 1.807) is 0 Å². The molecular formula is C11H14ClFN2O2S. The van der Waals surface area contributed by atoms with Crippen molar-refractivity contribution in [1.82, 2.24) is 9.29 Å². The minimum Gasteiger partial charge on any atom is -0.260 e. The quantitative estimate of drug-likeness (QED) is 0.799. The van der Waals surface area contributed by atoms with Gasteiger partial charge in [0.1, 0.15) is 10.7 Å². The van der Waals surface area contributed by atoms with Crippen LogP contribution in [0.1, 0.15) is 13.3 Å². The van der Waals surface area contributed by atoms with Gasteiger partial charge in [-0.2, -0.15) is 4.31 Å². The number of hydrogen-bond acceptors (Lipinski definition) is 3. The molecule has 7 heteroatoms. The molecule has 1 aromatic heterocycles. The highest BCUT2D eigenvalue weighted by molar-refractivity contribution is 7.89. The van der Waals surface area contributed by atoms with Gasteiger partial charge in [-0.25, -0.2) is 12.8 Å². The van der Waals surface area contributed by atoms with Gasteiger partial charge in [-0.15, -0.1) is 11.6 Å². The third-order valence-electron chi connectivity index (χ3n) is 3.28. The van der Waals surface area contributed by atoms with Gasteiger partial charge in [0.05, 0.1) is 6.20 Å². The van der Waals surface area contributed by atoms with Crippen molar-refractivity contribution >= 4 is 21.6 Å². The molecule has 0 N–H and O–H groups in total. The molecule has 0 amide bonds. The first kappa shape index (κ1) is 13.7. The van der Waals surface area contributed by atoms with Crippen molar-refractivity contribution in [2.24, 2.45) is 5.92 Å². The molecule has 100 valence electrons. The first-order chi connectivity index (χ1) is 8.46. The van der Waals surface area contributed by atoms with Crippen LogP contribution < -0.4 is 0 Å². The predicted molar refractivity (Wildman–Crippen MR) is 66.4 cm³/mol. The predicted octanol–water partition coefficient (Wildman–Crippen LogP) is 1.86. The first-order valence-corrected chi connectivity index (χ1v) is 7.62. The van der Waals surface area contributed by atoms with Crippen molar-refractivity contribution in [2.45, 2.75) is 24.3 Å². The van der Waals surface area contributed by atoms with Gasteiger partial charge in [0.15, 0.2) is 0 Å². The van der Waals surface area contributed by atoms with Crippen LogP contribution in [0.15, 0.2) is 23.4 Å². The summed E-state index contributed by atoms with van der Waals surface area (Å²) in [6.07, 6.45) is 2.90. The zero-order valence-corrected chi connectivity index (χ0v) is 11.5. The maximum atomic E-state index is 13.1. The normalized spacial score (nSPS) is 25.5. The molecular weight excluding hydrogens is 279 g/mol. The van der Waals surface area contributed by atoms with Crippen LogP contribution in [0.2, 0.25) is 0 Å². The van der Waals surface area contributed by atoms with Crippen LogP contribution in [0.25, 0.3) is 0 Å². The lowest BCUT2D eigenvalue weighted by Crippen LogP contribution is -2.38. The van der Waals surface area contributed by atoms with Crippen molar-refractivity contribution < 1.29 is 12.8 Å². The number of sulfonamides is 1. The molecule has 1 saturated heterocycles. The molecule has 0 bridgehead atoms. The lowest BCUT2D eigenvalue weighted by atomic mass is 10.1. The maximum Gasteiger partial charge on any atom is 0.245 e. The van der Waals surface area contributed by atoms with Gasteiger partial charge in [-0.05, 0) is 18.4 Å². The number of nitrogens with zero attached hydrogens (tertiary/aromatic N) is 2. The van der Waals surface area contributed by atoms with E-state index in [9.17, 15) is 12.8 Å². The van der Waals surface area contributed by atoms with Gasteiger partial charge >= 0.3 is 0 Å². The Bertz CT molecular complexity index is 538. The fourth-order valence-electron chi connectivity index (χ4n) is 2.17. The minimum absolute atomic E-state index is 0.119. The summed E-state index contributed by atoms with van der Waals surface area (Å²) in [6, 6.07) is 0.747. The largest absolute Gasteiger partial charge is 0.260 e. The molecule has 0 spiro atoms. The number of aromatic nitrogens is 1. The second kappa shape index (κ2) is 5.11. The number of halogens is 2. The third-order valence-corrected chi connectivity index (χ3v) is 5.48. The number of hydrogen-bond donors (Lipinski definition) is 0. The first-order valence-electron chi connectivity index (χ1n) is 5.65. The molecule has 0 saturated carbocycles. The smallest absolute Gasteiger partial charge is 0.245 e. The zero-order valence-electron chi connectivity index (χ0n) is 9.88. The summed E-state index contributed by atoms with van der Waals surface area (Å²) in [5, 5.41) is 0. The Labute approximate surface area is 111 Å². The zero-order chi connectivity index (χ0) is 13.3. The lowest BCUT2D eigenvalue weighted by molar-refractivity contribution is 0.375. The highest BCUT2D eigenvalue weighted by atomic mass is 35.5. The van der Waals surface area contributed by atoms with Crippen molar-refractivity contribution in [2.75, 3.05) is 12.4 Å². The van der Waals surface area contributed by atoms with E-state index in [1.807, 2.05) is 6.92 Å². The van der Waals surface area contributed by atoms with E-state index >= 15 is 0 Å². The third kappa shape index (κ3) is 2.37. The second-order valence-corrected chi connectivity index (χ2v) is 6.64. The van der Waals surface area contributed by atoms with Gasteiger partial charge in [0.25, 0.3) is 0 Å². The highest BCUT2D eigenvalue weighted by Gasteiger charge is 2.39. The molecule has 1 aliphatic rings. The Morgan fingerprint density at radius 3 is 2.89 bits per heavy atom. The van der Waals surface area contributed by atoms with Crippen LogP contribution >= 0.6 is 11.6 Å². The molecule has 0 aliphatic carbocycles. The van der Waals surface area contributed by atoms with Gasteiger partial charge in [-0.3, -0.25) is 4.98 Å². The van der Waals surface area contributed by atoms with E-state index in [4.69, 9.17) is 11.6 Å². The maximum absolute atomic E-state index is 13.1. The molecule has 2 heterocycles. The molecule has 2 rings (SSSR count). The summed E-state index contributed by atoms with van der Waals surface area (Å²) in [4.78, 5) is 3.46. The van der Waals surface area contributed by atoms with Crippen molar-refractivity contribution in [3.63, 3.8) is 0 Å². The Morgan fingerprint density at radius 1 is 1.56 bits per heavy atom. The van der Waals surface area contributed by atoms with Crippen molar-refractivity contribution in [3.8, 4) is 0 Å². The van der Waals surface area contributed by atoms with Crippen LogP contribution in [0.4, 0.5) is 4.39 Å². The molecule has 1 fully saturated rings. The summed E-state index contributed by atoms with van der Waals surface area (Å²) >= 11 is 5.83. The summed E-state index contributed by atoms with van der Waals surface area (Å²) in [5.74, 6) is -0.215. The van der Waals surface area contributed by atoms with Gasteiger partial charge < -0.3 is 0 Å². The minimum atomic E-state index is -3.71. The average molecular weight is 293 g/mol. The van der Waals surface area contributed by atoms with E-state index in [-0.39, 0.29) is 22.7 Å². The molecule has 1 aliphatic heterocycles. The Balaban J connectivity index is 2.37. The number of rotatable bonds is 3. The molecule has 2 atom stereocenters. The average Bonchev–Trinajstić information content (AvgIpc) is 2.71. The van der Waals surface area contributed by atoms with Gasteiger partial charge in [0, 0.05) is 24.7 Å². The van der Waals surface area contributed by atoms with E-state index < -0.39 is 15.8 Å². The van der Waals surface area contributed by atoms with Crippen LogP contribution in [0, 0.1) is 11.7 Å². The summed E-state index contributed by atoms with van der Waals surface area (Å²) in [6.45, 7) is 2.38. The van der Waals surface area contributed by atoms with Crippen LogP contribution in [0.3, 0.4) is 0 Å². The van der Waals surface area contributed by atoms with Crippen molar-refractivity contribution in [1.29, 1.82) is 0 Å². The van der Waals surface area contributed by atoms with E-state index in [0.29, 0.717) is 6.54 Å².